The molecule has 2 heterocycles. The lowest BCUT2D eigenvalue weighted by Crippen LogP contribution is -2.12. The van der Waals surface area contributed by atoms with Gasteiger partial charge in [0.25, 0.3) is 0 Å². The van der Waals surface area contributed by atoms with E-state index in [0.29, 0.717) is 22.7 Å². The fraction of sp³-hybridized carbons (Fsp3) is 0.217. The van der Waals surface area contributed by atoms with Crippen molar-refractivity contribution in [1.29, 1.82) is 0 Å². The van der Waals surface area contributed by atoms with Gasteiger partial charge in [0.05, 0.1) is 0 Å². The summed E-state index contributed by atoms with van der Waals surface area (Å²) in [7, 11) is -3.84. The van der Waals surface area contributed by atoms with Gasteiger partial charge in [-0.2, -0.15) is 0 Å². The Labute approximate surface area is 317 Å². The van der Waals surface area contributed by atoms with Crippen molar-refractivity contribution in [3.8, 4) is 22.6 Å². The molecule has 2 aromatic heterocycles. The van der Waals surface area contributed by atoms with Crippen molar-refractivity contribution in [3.63, 3.8) is 0 Å². The van der Waals surface area contributed by atoms with Crippen molar-refractivity contribution >= 4 is 60.4 Å². The molecule has 0 aliphatic heterocycles. The van der Waals surface area contributed by atoms with Gasteiger partial charge in [-0.1, -0.05) is 126 Å². The highest BCUT2D eigenvalue weighted by Crippen LogP contribution is 2.47. The molecule has 0 aliphatic carbocycles. The minimum atomic E-state index is -1.97. The molecule has 0 atom stereocenters. The summed E-state index contributed by atoms with van der Waals surface area (Å²) < 4.78 is 40.2. The second-order valence-electron chi connectivity index (χ2n) is 15.9. The first-order chi connectivity index (χ1) is 25.8. The maximum atomic E-state index is 6.94. The molecule has 8 aromatic rings. The van der Waals surface area contributed by atoms with Crippen molar-refractivity contribution in [1.82, 2.24) is 0 Å². The van der Waals surface area contributed by atoms with Gasteiger partial charge >= 0.3 is 16.5 Å². The summed E-state index contributed by atoms with van der Waals surface area (Å²) in [5.74, 6) is 1.20. The molecule has 0 bridgehead atoms. The molecule has 8 rings (SSSR count). The van der Waals surface area contributed by atoms with Crippen molar-refractivity contribution < 1.29 is 25.8 Å². The van der Waals surface area contributed by atoms with E-state index in [0.717, 1.165) is 66.1 Å². The second kappa shape index (κ2) is 13.9. The molecule has 0 aliphatic rings. The topological polar surface area (TPSA) is 71.0 Å². The van der Waals surface area contributed by atoms with E-state index in [1.807, 2.05) is 97.1 Å². The summed E-state index contributed by atoms with van der Waals surface area (Å²) >= 11 is 0. The van der Waals surface area contributed by atoms with Gasteiger partial charge < -0.3 is 25.8 Å². The van der Waals surface area contributed by atoms with E-state index < -0.39 is 16.5 Å². The van der Waals surface area contributed by atoms with Crippen molar-refractivity contribution in [2.24, 2.45) is 0 Å². The third-order valence-electron chi connectivity index (χ3n) is 9.52. The average molecular weight is 755 g/mol. The summed E-state index contributed by atoms with van der Waals surface area (Å²) in [4.78, 5) is 0. The molecule has 0 amide bonds. The summed E-state index contributed by atoms with van der Waals surface area (Å²) in [5, 5.41) is 3.94. The van der Waals surface area contributed by atoms with Crippen LogP contribution in [0.25, 0.3) is 55.0 Å². The van der Waals surface area contributed by atoms with Crippen LogP contribution in [0.4, 0.5) is 0 Å². The Balaban J connectivity index is 1.31. The second-order valence-corrected chi connectivity index (χ2v) is 17.8. The standard InChI is InChI=1S/C46H44O6P2/c1-29-25-35-36-26-30(2)28-38(46(6,7)8)44(36)52-54(51-43(35)37(27-29)45(3,4)5)50-42-24-16-12-20-34(42)33-19-11-15-23-41(33)49-53-47-39-21-13-9-17-31(39)32-18-10-14-22-40(32)48-53/h9-28H,1-8H3. The highest BCUT2D eigenvalue weighted by molar-refractivity contribution is 7.32. The SMILES string of the molecule is Cc1cc(C(C)(C)C)c2op(Oc3ccccc3-c3ccccc3Op3oc4ccccc4c4ccccc4o3)oc3c(C(C)(C)C)cc(C)cc3c2c1. The highest BCUT2D eigenvalue weighted by Gasteiger charge is 2.26. The summed E-state index contributed by atoms with van der Waals surface area (Å²) in [6, 6.07) is 40.5. The number of hydrogen-bond acceptors (Lipinski definition) is 6. The molecule has 0 fully saturated rings. The first-order valence-electron chi connectivity index (χ1n) is 18.2. The molecule has 0 radical (unpaired) electrons. The average Bonchev–Trinajstić information content (AvgIpc) is 3.38. The molecule has 0 N–H and O–H groups in total. The quantitative estimate of drug-likeness (QED) is 0.174. The van der Waals surface area contributed by atoms with E-state index in [1.54, 1.807) is 0 Å². The first-order valence-corrected chi connectivity index (χ1v) is 20.4. The summed E-state index contributed by atoms with van der Waals surface area (Å²) in [5.41, 5.74) is 8.75. The molecular weight excluding hydrogens is 710 g/mol. The van der Waals surface area contributed by atoms with Gasteiger partial charge in [0.2, 0.25) is 0 Å². The number of fused-ring (bicyclic) bond motifs is 6. The predicted octanol–water partition coefficient (Wildman–Crippen LogP) is 15.5. The lowest BCUT2D eigenvalue weighted by Gasteiger charge is -2.21. The Bertz CT molecular complexity index is 2640. The highest BCUT2D eigenvalue weighted by atomic mass is 31.1. The molecule has 0 saturated heterocycles. The van der Waals surface area contributed by atoms with Gasteiger partial charge in [-0.25, -0.2) is 0 Å². The zero-order chi connectivity index (χ0) is 37.8. The molecule has 274 valence electrons. The molecule has 0 saturated carbocycles. The third kappa shape index (κ3) is 6.93. The van der Waals surface area contributed by atoms with Gasteiger partial charge in [-0.15, -0.1) is 0 Å². The Kier molecular flexibility index (Phi) is 9.17. The molecular formula is C46H44O6P2. The number of aryl methyl sites for hydroxylation is 2. The van der Waals surface area contributed by atoms with Crippen LogP contribution in [0.2, 0.25) is 0 Å². The van der Waals surface area contributed by atoms with Crippen LogP contribution in [0.1, 0.15) is 63.8 Å². The zero-order valence-corrected chi connectivity index (χ0v) is 33.7. The number of benzene rings is 6. The lowest BCUT2D eigenvalue weighted by molar-refractivity contribution is 0.487. The van der Waals surface area contributed by atoms with Gasteiger partial charge in [-0.3, -0.25) is 0 Å². The molecule has 8 heteroatoms. The monoisotopic (exact) mass is 754 g/mol. The summed E-state index contributed by atoms with van der Waals surface area (Å²) in [6.07, 6.45) is 0. The van der Waals surface area contributed by atoms with Crippen molar-refractivity contribution in [2.45, 2.75) is 66.2 Å². The third-order valence-corrected chi connectivity index (χ3v) is 11.6. The van der Waals surface area contributed by atoms with E-state index in [-0.39, 0.29) is 10.8 Å². The van der Waals surface area contributed by atoms with Crippen LogP contribution in [0.5, 0.6) is 11.5 Å². The predicted molar refractivity (Wildman–Crippen MR) is 223 cm³/mol. The zero-order valence-electron chi connectivity index (χ0n) is 31.9. The fourth-order valence-electron chi connectivity index (χ4n) is 6.91. The van der Waals surface area contributed by atoms with Crippen LogP contribution in [0.15, 0.2) is 138 Å². The molecule has 0 spiro atoms. The van der Waals surface area contributed by atoms with E-state index in [9.17, 15) is 0 Å². The van der Waals surface area contributed by atoms with Gasteiger partial charge in [0.15, 0.2) is 0 Å². The lowest BCUT2D eigenvalue weighted by atomic mass is 9.83. The van der Waals surface area contributed by atoms with Crippen LogP contribution in [-0.2, 0) is 10.8 Å². The van der Waals surface area contributed by atoms with E-state index in [1.165, 1.54) is 0 Å². The Morgan fingerprint density at radius 2 is 0.796 bits per heavy atom. The largest absolute Gasteiger partial charge is 0.453 e. The minimum Gasteiger partial charge on any atom is -0.390 e. The summed E-state index contributed by atoms with van der Waals surface area (Å²) in [6.45, 7) is 17.6. The normalized spacial score (nSPS) is 12.1. The minimum absolute atomic E-state index is 0.197. The van der Waals surface area contributed by atoms with Crippen LogP contribution in [0, 0.1) is 13.8 Å². The molecule has 6 nitrogen and oxygen atoms in total. The van der Waals surface area contributed by atoms with Crippen LogP contribution >= 0.6 is 16.5 Å². The maximum Gasteiger partial charge on any atom is 0.453 e. The molecule has 6 aromatic carbocycles. The van der Waals surface area contributed by atoms with Gasteiger partial charge in [0, 0.05) is 43.8 Å². The number of hydrogen-bond donors (Lipinski definition) is 0. The van der Waals surface area contributed by atoms with Crippen LogP contribution in [-0.4, -0.2) is 0 Å². The number of para-hydroxylation sites is 4. The van der Waals surface area contributed by atoms with Crippen molar-refractivity contribution in [2.75, 3.05) is 0 Å². The first kappa shape index (κ1) is 35.7. The Hall–Kier alpha value is -5.28. The van der Waals surface area contributed by atoms with E-state index in [2.05, 4.69) is 79.7 Å². The fourth-order valence-corrected chi connectivity index (χ4v) is 9.11. The van der Waals surface area contributed by atoms with E-state index in [4.69, 9.17) is 25.8 Å². The Morgan fingerprint density at radius 1 is 0.426 bits per heavy atom. The van der Waals surface area contributed by atoms with Crippen molar-refractivity contribution in [3.05, 3.63) is 144 Å². The van der Waals surface area contributed by atoms with Gasteiger partial charge in [0.1, 0.15) is 33.8 Å². The van der Waals surface area contributed by atoms with Crippen LogP contribution < -0.4 is 9.05 Å². The number of rotatable bonds is 5. The van der Waals surface area contributed by atoms with E-state index >= 15 is 0 Å². The smallest absolute Gasteiger partial charge is 0.390 e. The Morgan fingerprint density at radius 3 is 1.22 bits per heavy atom. The molecule has 54 heavy (non-hydrogen) atoms. The molecule has 0 unspecified atom stereocenters. The van der Waals surface area contributed by atoms with Gasteiger partial charge in [-0.05, 0) is 72.2 Å². The maximum absolute atomic E-state index is 6.94. The van der Waals surface area contributed by atoms with Crippen LogP contribution in [0.3, 0.4) is 0 Å².